The fourth-order valence-electron chi connectivity index (χ4n) is 2.98. The second kappa shape index (κ2) is 7.97. The molecule has 0 radical (unpaired) electrons. The van der Waals surface area contributed by atoms with E-state index in [1.807, 2.05) is 24.5 Å². The molecule has 0 atom stereocenters. The second-order valence-corrected chi connectivity index (χ2v) is 8.35. The molecule has 0 spiro atoms. The van der Waals surface area contributed by atoms with Crippen molar-refractivity contribution in [3.63, 3.8) is 0 Å². The van der Waals surface area contributed by atoms with Gasteiger partial charge in [-0.25, -0.2) is 8.42 Å². The predicted octanol–water partition coefficient (Wildman–Crippen LogP) is 1.96. The number of anilines is 1. The SMILES string of the molecule is CCc1cc[n+](CC(=O)Nc2ccc(S(=O)(=O)N3CCCC3)cc2)cc1. The monoisotopic (exact) mass is 374 g/mol. The predicted molar refractivity (Wildman–Crippen MR) is 99.1 cm³/mol. The molecule has 1 fully saturated rings. The van der Waals surface area contributed by atoms with Crippen LogP contribution >= 0.6 is 0 Å². The number of nitrogens with zero attached hydrogens (tertiary/aromatic N) is 2. The minimum Gasteiger partial charge on any atom is -0.321 e. The van der Waals surface area contributed by atoms with Crippen molar-refractivity contribution in [1.82, 2.24) is 4.31 Å². The third-order valence-corrected chi connectivity index (χ3v) is 6.45. The van der Waals surface area contributed by atoms with Crippen LogP contribution in [0.15, 0.2) is 53.7 Å². The lowest BCUT2D eigenvalue weighted by molar-refractivity contribution is -0.684. The van der Waals surface area contributed by atoms with Crippen LogP contribution in [0, 0.1) is 0 Å². The van der Waals surface area contributed by atoms with Gasteiger partial charge in [-0.2, -0.15) is 8.87 Å². The maximum Gasteiger partial charge on any atom is 0.290 e. The summed E-state index contributed by atoms with van der Waals surface area (Å²) in [5.41, 5.74) is 1.80. The van der Waals surface area contributed by atoms with Gasteiger partial charge >= 0.3 is 0 Å². The molecule has 2 heterocycles. The van der Waals surface area contributed by atoms with Gasteiger partial charge in [0.15, 0.2) is 12.4 Å². The zero-order valence-electron chi connectivity index (χ0n) is 14.9. The molecule has 1 N–H and O–H groups in total. The van der Waals surface area contributed by atoms with E-state index in [2.05, 4.69) is 12.2 Å². The summed E-state index contributed by atoms with van der Waals surface area (Å²) < 4.78 is 28.3. The fraction of sp³-hybridized carbons (Fsp3) is 0.368. The fourth-order valence-corrected chi connectivity index (χ4v) is 4.50. The van der Waals surface area contributed by atoms with Crippen LogP contribution in [0.5, 0.6) is 0 Å². The molecular formula is C19H24N3O3S+. The Morgan fingerprint density at radius 1 is 1.08 bits per heavy atom. The molecule has 1 aromatic heterocycles. The second-order valence-electron chi connectivity index (χ2n) is 6.42. The van der Waals surface area contributed by atoms with Gasteiger partial charge in [-0.15, -0.1) is 0 Å². The lowest BCUT2D eigenvalue weighted by Crippen LogP contribution is -2.39. The zero-order chi connectivity index (χ0) is 18.6. The molecule has 1 amide bonds. The number of aromatic nitrogens is 1. The Hall–Kier alpha value is -2.25. The summed E-state index contributed by atoms with van der Waals surface area (Å²) in [5.74, 6) is -0.158. The maximum absolute atomic E-state index is 12.5. The van der Waals surface area contributed by atoms with Crippen LogP contribution in [-0.4, -0.2) is 31.7 Å². The normalized spacial score (nSPS) is 15.1. The third kappa shape index (κ3) is 4.28. The van der Waals surface area contributed by atoms with Crippen molar-refractivity contribution in [2.75, 3.05) is 18.4 Å². The molecular weight excluding hydrogens is 350 g/mol. The van der Waals surface area contributed by atoms with Crippen molar-refractivity contribution in [2.45, 2.75) is 37.6 Å². The lowest BCUT2D eigenvalue weighted by atomic mass is 10.2. The Morgan fingerprint density at radius 3 is 2.27 bits per heavy atom. The van der Waals surface area contributed by atoms with Crippen molar-refractivity contribution in [2.24, 2.45) is 0 Å². The van der Waals surface area contributed by atoms with E-state index >= 15 is 0 Å². The summed E-state index contributed by atoms with van der Waals surface area (Å²) in [7, 11) is -3.42. The lowest BCUT2D eigenvalue weighted by Gasteiger charge is -2.15. The van der Waals surface area contributed by atoms with Gasteiger partial charge in [0.2, 0.25) is 16.6 Å². The molecule has 0 bridgehead atoms. The van der Waals surface area contributed by atoms with Gasteiger partial charge in [-0.05, 0) is 49.1 Å². The number of nitrogens with one attached hydrogen (secondary N) is 1. The smallest absolute Gasteiger partial charge is 0.290 e. The average Bonchev–Trinajstić information content (AvgIpc) is 3.18. The summed E-state index contributed by atoms with van der Waals surface area (Å²) in [6.45, 7) is 3.45. The number of pyridine rings is 1. The Kier molecular flexibility index (Phi) is 5.68. The average molecular weight is 374 g/mol. The minimum absolute atomic E-state index is 0.158. The van der Waals surface area contributed by atoms with E-state index in [1.165, 1.54) is 9.87 Å². The van der Waals surface area contributed by atoms with Crippen molar-refractivity contribution in [3.8, 4) is 0 Å². The molecule has 0 saturated carbocycles. The number of carbonyl (C=O) groups excluding carboxylic acids is 1. The van der Waals surface area contributed by atoms with E-state index in [0.717, 1.165) is 19.3 Å². The molecule has 0 aliphatic carbocycles. The van der Waals surface area contributed by atoms with Crippen LogP contribution in [0.25, 0.3) is 0 Å². The quantitative estimate of drug-likeness (QED) is 0.786. The first-order valence-electron chi connectivity index (χ1n) is 8.87. The molecule has 1 aromatic carbocycles. The number of hydrogen-bond acceptors (Lipinski definition) is 3. The first-order chi connectivity index (χ1) is 12.5. The Bertz CT molecular complexity index is 856. The molecule has 2 aromatic rings. The number of carbonyl (C=O) groups is 1. The first kappa shape index (κ1) is 18.5. The Labute approximate surface area is 154 Å². The summed E-state index contributed by atoms with van der Waals surface area (Å²) >= 11 is 0. The molecule has 6 nitrogen and oxygen atoms in total. The van der Waals surface area contributed by atoms with Gasteiger partial charge in [-0.3, -0.25) is 4.79 Å². The third-order valence-electron chi connectivity index (χ3n) is 4.54. The van der Waals surface area contributed by atoms with Crippen molar-refractivity contribution in [1.29, 1.82) is 0 Å². The molecule has 1 saturated heterocycles. The highest BCUT2D eigenvalue weighted by Gasteiger charge is 2.26. The number of hydrogen-bond donors (Lipinski definition) is 1. The zero-order valence-corrected chi connectivity index (χ0v) is 15.7. The van der Waals surface area contributed by atoms with E-state index < -0.39 is 10.0 Å². The van der Waals surface area contributed by atoms with Crippen LogP contribution in [0.3, 0.4) is 0 Å². The highest BCUT2D eigenvalue weighted by atomic mass is 32.2. The molecule has 26 heavy (non-hydrogen) atoms. The highest BCUT2D eigenvalue weighted by molar-refractivity contribution is 7.89. The van der Waals surface area contributed by atoms with Gasteiger partial charge < -0.3 is 5.32 Å². The summed E-state index contributed by atoms with van der Waals surface area (Å²) in [4.78, 5) is 12.4. The van der Waals surface area contributed by atoms with E-state index in [4.69, 9.17) is 0 Å². The van der Waals surface area contributed by atoms with Crippen molar-refractivity contribution in [3.05, 3.63) is 54.4 Å². The van der Waals surface area contributed by atoms with E-state index in [-0.39, 0.29) is 17.3 Å². The number of amides is 1. The van der Waals surface area contributed by atoms with Gasteiger partial charge in [0, 0.05) is 30.9 Å². The number of aryl methyl sites for hydroxylation is 1. The molecule has 7 heteroatoms. The van der Waals surface area contributed by atoms with Gasteiger partial charge in [0.1, 0.15) is 0 Å². The van der Waals surface area contributed by atoms with E-state index in [9.17, 15) is 13.2 Å². The number of benzene rings is 1. The van der Waals surface area contributed by atoms with E-state index in [0.29, 0.717) is 18.8 Å². The molecule has 1 aliphatic heterocycles. The Balaban J connectivity index is 1.62. The molecule has 0 unspecified atom stereocenters. The summed E-state index contributed by atoms with van der Waals surface area (Å²) in [5, 5.41) is 2.80. The Morgan fingerprint density at radius 2 is 1.69 bits per heavy atom. The van der Waals surface area contributed by atoms with Gasteiger partial charge in [0.05, 0.1) is 4.90 Å². The number of rotatable bonds is 6. The molecule has 138 valence electrons. The van der Waals surface area contributed by atoms with Crippen molar-refractivity contribution < 1.29 is 17.8 Å². The first-order valence-corrected chi connectivity index (χ1v) is 10.3. The van der Waals surface area contributed by atoms with Gasteiger partial charge in [-0.1, -0.05) is 6.92 Å². The largest absolute Gasteiger partial charge is 0.321 e. The van der Waals surface area contributed by atoms with Crippen molar-refractivity contribution >= 4 is 21.6 Å². The van der Waals surface area contributed by atoms with Crippen LogP contribution in [0.1, 0.15) is 25.3 Å². The van der Waals surface area contributed by atoms with Crippen LogP contribution in [-0.2, 0) is 27.8 Å². The van der Waals surface area contributed by atoms with E-state index in [1.54, 1.807) is 28.8 Å². The number of sulfonamides is 1. The standard InChI is InChI=1S/C19H23N3O3S/c1-2-16-9-13-21(14-10-16)15-19(23)20-17-5-7-18(8-6-17)26(24,25)22-11-3-4-12-22/h5-10,13-14H,2-4,11-12,15H2,1H3/p+1. The van der Waals surface area contributed by atoms with Gasteiger partial charge in [0.25, 0.3) is 5.91 Å². The topological polar surface area (TPSA) is 70.4 Å². The minimum atomic E-state index is -3.42. The summed E-state index contributed by atoms with van der Waals surface area (Å²) in [6.07, 6.45) is 6.53. The summed E-state index contributed by atoms with van der Waals surface area (Å²) in [6, 6.07) is 10.3. The van der Waals surface area contributed by atoms with Crippen LogP contribution in [0.2, 0.25) is 0 Å². The maximum atomic E-state index is 12.5. The van der Waals surface area contributed by atoms with Crippen LogP contribution < -0.4 is 9.88 Å². The highest BCUT2D eigenvalue weighted by Crippen LogP contribution is 2.22. The molecule has 1 aliphatic rings. The van der Waals surface area contributed by atoms with Crippen LogP contribution in [0.4, 0.5) is 5.69 Å². The molecule has 3 rings (SSSR count).